The standard InChI is InChI=1S/C24H21Cl2NO8/c1-11-6-17(28)20(24(30)35-11)13(9-19(29)27-12-4-5-15(25)16(26)7-12)14-8-18(31-2)22-23(21(14)32-3)34-10-33-22/h4-8,13,28H,9-10H2,1-3H3,(H,27,29)/t13-/m1/s1. The smallest absolute Gasteiger partial charge is 0.343 e. The molecule has 1 atom stereocenters. The van der Waals surface area contributed by atoms with Crippen LogP contribution in [0.1, 0.15) is 29.2 Å². The van der Waals surface area contributed by atoms with Crippen LogP contribution in [-0.2, 0) is 4.79 Å². The van der Waals surface area contributed by atoms with Gasteiger partial charge in [0.1, 0.15) is 11.5 Å². The quantitative estimate of drug-likeness (QED) is 0.452. The number of fused-ring (bicyclic) bond motifs is 1. The summed E-state index contributed by atoms with van der Waals surface area (Å²) in [7, 11) is 2.86. The molecule has 0 aliphatic carbocycles. The second-order valence-electron chi connectivity index (χ2n) is 7.64. The zero-order valence-corrected chi connectivity index (χ0v) is 20.5. The number of halogens is 2. The van der Waals surface area contributed by atoms with Gasteiger partial charge in [0, 0.05) is 29.7 Å². The maximum Gasteiger partial charge on any atom is 0.343 e. The lowest BCUT2D eigenvalue weighted by Crippen LogP contribution is -2.21. The van der Waals surface area contributed by atoms with Crippen molar-refractivity contribution >= 4 is 34.8 Å². The monoisotopic (exact) mass is 521 g/mol. The van der Waals surface area contributed by atoms with Crippen molar-refractivity contribution in [2.24, 2.45) is 0 Å². The number of hydrogen-bond donors (Lipinski definition) is 2. The molecule has 9 nitrogen and oxygen atoms in total. The number of carbonyl (C=O) groups excluding carboxylic acids is 1. The van der Waals surface area contributed by atoms with Crippen LogP contribution in [-0.4, -0.2) is 32.0 Å². The third kappa shape index (κ3) is 4.82. The molecule has 2 heterocycles. The molecule has 1 aliphatic heterocycles. The predicted octanol–water partition coefficient (Wildman–Crippen LogP) is 4.87. The van der Waals surface area contributed by atoms with Gasteiger partial charge in [-0.1, -0.05) is 23.2 Å². The summed E-state index contributed by atoms with van der Waals surface area (Å²) in [6, 6.07) is 7.50. The molecule has 0 fully saturated rings. The normalized spacial score (nSPS) is 12.8. The van der Waals surface area contributed by atoms with Crippen LogP contribution in [0.15, 0.2) is 39.5 Å². The van der Waals surface area contributed by atoms with Crippen molar-refractivity contribution in [1.82, 2.24) is 0 Å². The summed E-state index contributed by atoms with van der Waals surface area (Å²) in [5.74, 6) is -0.487. The molecule has 0 bridgehead atoms. The summed E-state index contributed by atoms with van der Waals surface area (Å²) in [5, 5.41) is 14.0. The zero-order valence-electron chi connectivity index (χ0n) is 18.9. The van der Waals surface area contributed by atoms with Gasteiger partial charge in [0.15, 0.2) is 11.5 Å². The van der Waals surface area contributed by atoms with Gasteiger partial charge in [0.2, 0.25) is 24.2 Å². The Labute approximate surface area is 210 Å². The maximum atomic E-state index is 13.1. The van der Waals surface area contributed by atoms with Crippen LogP contribution in [0.3, 0.4) is 0 Å². The zero-order chi connectivity index (χ0) is 25.3. The highest BCUT2D eigenvalue weighted by atomic mass is 35.5. The molecule has 184 valence electrons. The lowest BCUT2D eigenvalue weighted by Gasteiger charge is -2.22. The van der Waals surface area contributed by atoms with E-state index in [0.717, 1.165) is 0 Å². The fraction of sp³-hybridized carbons (Fsp3) is 0.250. The molecule has 3 aromatic rings. The summed E-state index contributed by atoms with van der Waals surface area (Å²) in [4.78, 5) is 26.0. The molecule has 0 radical (unpaired) electrons. The summed E-state index contributed by atoms with van der Waals surface area (Å²) in [6.45, 7) is 1.47. The van der Waals surface area contributed by atoms with Crippen molar-refractivity contribution in [3.8, 4) is 28.7 Å². The molecule has 35 heavy (non-hydrogen) atoms. The van der Waals surface area contributed by atoms with E-state index in [1.807, 2.05) is 0 Å². The molecule has 2 aromatic carbocycles. The van der Waals surface area contributed by atoms with Crippen LogP contribution in [0.2, 0.25) is 10.0 Å². The van der Waals surface area contributed by atoms with Crippen molar-refractivity contribution in [3.63, 3.8) is 0 Å². The second-order valence-corrected chi connectivity index (χ2v) is 8.46. The average molecular weight is 522 g/mol. The largest absolute Gasteiger partial charge is 0.507 e. The molecule has 2 N–H and O–H groups in total. The number of benzene rings is 2. The molecule has 0 unspecified atom stereocenters. The second kappa shape index (κ2) is 9.97. The molecule has 1 amide bonds. The first kappa shape index (κ1) is 24.6. The van der Waals surface area contributed by atoms with Crippen molar-refractivity contribution in [3.05, 3.63) is 67.7 Å². The van der Waals surface area contributed by atoms with E-state index in [2.05, 4.69) is 5.32 Å². The van der Waals surface area contributed by atoms with Crippen LogP contribution in [0.4, 0.5) is 5.69 Å². The molecule has 0 spiro atoms. The number of nitrogens with one attached hydrogen (secondary N) is 1. The lowest BCUT2D eigenvalue weighted by atomic mass is 9.87. The van der Waals surface area contributed by atoms with E-state index >= 15 is 0 Å². The van der Waals surface area contributed by atoms with E-state index in [0.29, 0.717) is 27.8 Å². The van der Waals surface area contributed by atoms with E-state index in [-0.39, 0.29) is 46.8 Å². The number of aromatic hydroxyl groups is 1. The highest BCUT2D eigenvalue weighted by molar-refractivity contribution is 6.42. The van der Waals surface area contributed by atoms with Gasteiger partial charge in [-0.3, -0.25) is 4.79 Å². The lowest BCUT2D eigenvalue weighted by molar-refractivity contribution is -0.116. The van der Waals surface area contributed by atoms with Crippen molar-refractivity contribution in [1.29, 1.82) is 0 Å². The molecular formula is C24H21Cl2NO8. The first-order valence-electron chi connectivity index (χ1n) is 10.4. The topological polar surface area (TPSA) is 116 Å². The first-order valence-corrected chi connectivity index (χ1v) is 11.1. The minimum Gasteiger partial charge on any atom is -0.507 e. The highest BCUT2D eigenvalue weighted by Gasteiger charge is 2.34. The number of rotatable bonds is 7. The van der Waals surface area contributed by atoms with Gasteiger partial charge in [-0.25, -0.2) is 4.79 Å². The Morgan fingerprint density at radius 2 is 1.86 bits per heavy atom. The van der Waals surface area contributed by atoms with Crippen LogP contribution < -0.4 is 29.9 Å². The van der Waals surface area contributed by atoms with Gasteiger partial charge >= 0.3 is 5.63 Å². The Bertz CT molecular complexity index is 1350. The van der Waals surface area contributed by atoms with E-state index in [1.165, 1.54) is 33.3 Å². The SMILES string of the molecule is COc1cc([C@@H](CC(=O)Nc2ccc(Cl)c(Cl)c2)c2c(O)cc(C)oc2=O)c(OC)c2c1OCO2. The number of methoxy groups -OCH3 is 2. The summed E-state index contributed by atoms with van der Waals surface area (Å²) in [6.07, 6.45) is -0.277. The number of anilines is 1. The van der Waals surface area contributed by atoms with E-state index in [4.69, 9.17) is 46.6 Å². The average Bonchev–Trinajstić information content (AvgIpc) is 3.29. The number of ether oxygens (including phenoxy) is 4. The maximum absolute atomic E-state index is 13.1. The van der Waals surface area contributed by atoms with Gasteiger partial charge in [-0.05, 0) is 31.2 Å². The van der Waals surface area contributed by atoms with E-state index in [1.54, 1.807) is 18.2 Å². The van der Waals surface area contributed by atoms with Crippen molar-refractivity contribution < 1.29 is 33.3 Å². The predicted molar refractivity (Wildman–Crippen MR) is 129 cm³/mol. The fourth-order valence-corrected chi connectivity index (χ4v) is 4.22. The molecule has 0 saturated heterocycles. The van der Waals surface area contributed by atoms with Gasteiger partial charge in [-0.15, -0.1) is 0 Å². The molecule has 11 heteroatoms. The molecule has 1 aromatic heterocycles. The third-order valence-electron chi connectivity index (χ3n) is 5.42. The Balaban J connectivity index is 1.83. The van der Waals surface area contributed by atoms with Gasteiger partial charge in [-0.2, -0.15) is 0 Å². The van der Waals surface area contributed by atoms with Gasteiger partial charge in [0.05, 0.1) is 29.8 Å². The van der Waals surface area contributed by atoms with Crippen LogP contribution in [0, 0.1) is 6.92 Å². The Hall–Kier alpha value is -3.56. The Morgan fingerprint density at radius 3 is 2.51 bits per heavy atom. The Kier molecular flexibility index (Phi) is 7.00. The molecular weight excluding hydrogens is 501 g/mol. The molecule has 0 saturated carbocycles. The highest BCUT2D eigenvalue weighted by Crippen LogP contribution is 2.52. The summed E-state index contributed by atoms with van der Waals surface area (Å²) >= 11 is 12.0. The number of hydrogen-bond acceptors (Lipinski definition) is 8. The number of amides is 1. The number of carbonyl (C=O) groups is 1. The minimum absolute atomic E-state index is 0.0636. The van der Waals surface area contributed by atoms with Gasteiger partial charge in [0.25, 0.3) is 0 Å². The van der Waals surface area contributed by atoms with Gasteiger partial charge < -0.3 is 33.8 Å². The number of aryl methyl sites for hydroxylation is 1. The molecule has 4 rings (SSSR count). The fourth-order valence-electron chi connectivity index (χ4n) is 3.92. The Morgan fingerprint density at radius 1 is 1.11 bits per heavy atom. The third-order valence-corrected chi connectivity index (χ3v) is 6.16. The minimum atomic E-state index is -1.01. The van der Waals surface area contributed by atoms with Crippen LogP contribution >= 0.6 is 23.2 Å². The first-order chi connectivity index (χ1) is 16.7. The summed E-state index contributed by atoms with van der Waals surface area (Å²) in [5.41, 5.74) is -0.171. The van der Waals surface area contributed by atoms with Crippen molar-refractivity contribution in [2.75, 3.05) is 26.3 Å². The van der Waals surface area contributed by atoms with E-state index in [9.17, 15) is 14.7 Å². The summed E-state index contributed by atoms with van der Waals surface area (Å²) < 4.78 is 27.3. The van der Waals surface area contributed by atoms with Crippen LogP contribution in [0.25, 0.3) is 0 Å². The van der Waals surface area contributed by atoms with Crippen LogP contribution in [0.5, 0.6) is 28.7 Å². The van der Waals surface area contributed by atoms with Crippen molar-refractivity contribution in [2.45, 2.75) is 19.3 Å². The van der Waals surface area contributed by atoms with E-state index < -0.39 is 17.5 Å². The molecule has 1 aliphatic rings.